The molecule has 1 aromatic rings. The zero-order valence-electron chi connectivity index (χ0n) is 6.17. The molecule has 12 heavy (non-hydrogen) atoms. The van der Waals surface area contributed by atoms with Gasteiger partial charge in [0.05, 0.1) is 17.7 Å². The van der Waals surface area contributed by atoms with Crippen LogP contribution >= 0.6 is 34.2 Å². The SMILES string of the molecule is COC(=O)c1ccnc(I)c1Cl. The number of esters is 1. The summed E-state index contributed by atoms with van der Waals surface area (Å²) in [6, 6.07) is 1.52. The first-order chi connectivity index (χ1) is 5.66. The summed E-state index contributed by atoms with van der Waals surface area (Å²) in [5.41, 5.74) is 0.346. The van der Waals surface area contributed by atoms with Crippen LogP contribution in [0.5, 0.6) is 0 Å². The molecule has 0 aliphatic rings. The lowest BCUT2D eigenvalue weighted by atomic mass is 10.3. The van der Waals surface area contributed by atoms with E-state index in [-0.39, 0.29) is 0 Å². The van der Waals surface area contributed by atoms with Crippen molar-refractivity contribution in [3.8, 4) is 0 Å². The summed E-state index contributed by atoms with van der Waals surface area (Å²) >= 11 is 7.74. The number of hydrogen-bond acceptors (Lipinski definition) is 3. The molecule has 0 saturated carbocycles. The largest absolute Gasteiger partial charge is 0.465 e. The van der Waals surface area contributed by atoms with Gasteiger partial charge < -0.3 is 4.74 Å². The summed E-state index contributed by atoms with van der Waals surface area (Å²) < 4.78 is 5.11. The highest BCUT2D eigenvalue weighted by atomic mass is 127. The van der Waals surface area contributed by atoms with E-state index in [4.69, 9.17) is 11.6 Å². The van der Waals surface area contributed by atoms with E-state index in [9.17, 15) is 4.79 Å². The summed E-state index contributed by atoms with van der Waals surface area (Å²) in [7, 11) is 1.31. The highest BCUT2D eigenvalue weighted by Gasteiger charge is 2.12. The van der Waals surface area contributed by atoms with E-state index in [2.05, 4.69) is 9.72 Å². The quantitative estimate of drug-likeness (QED) is 0.453. The number of aromatic nitrogens is 1. The Morgan fingerprint density at radius 1 is 1.75 bits per heavy atom. The van der Waals surface area contributed by atoms with E-state index in [0.717, 1.165) is 0 Å². The van der Waals surface area contributed by atoms with E-state index in [1.54, 1.807) is 0 Å². The van der Waals surface area contributed by atoms with E-state index >= 15 is 0 Å². The number of nitrogens with zero attached hydrogens (tertiary/aromatic N) is 1. The van der Waals surface area contributed by atoms with Crippen LogP contribution in [-0.2, 0) is 4.74 Å². The molecule has 0 aliphatic carbocycles. The first-order valence-corrected chi connectivity index (χ1v) is 4.50. The van der Waals surface area contributed by atoms with Crippen LogP contribution in [-0.4, -0.2) is 18.1 Å². The van der Waals surface area contributed by atoms with Gasteiger partial charge in [-0.1, -0.05) is 11.6 Å². The average Bonchev–Trinajstić information content (AvgIpc) is 2.08. The average molecular weight is 297 g/mol. The van der Waals surface area contributed by atoms with Crippen LogP contribution in [0.4, 0.5) is 0 Å². The molecule has 0 aliphatic heterocycles. The third-order valence-electron chi connectivity index (χ3n) is 1.25. The Bertz CT molecular complexity index is 316. The topological polar surface area (TPSA) is 39.2 Å². The number of methoxy groups -OCH3 is 1. The normalized spacial score (nSPS) is 9.58. The van der Waals surface area contributed by atoms with Crippen molar-refractivity contribution in [2.75, 3.05) is 7.11 Å². The second kappa shape index (κ2) is 4.04. The van der Waals surface area contributed by atoms with Crippen molar-refractivity contribution in [3.63, 3.8) is 0 Å². The van der Waals surface area contributed by atoms with Crippen LogP contribution in [0.1, 0.15) is 10.4 Å². The van der Waals surface area contributed by atoms with Gasteiger partial charge in [-0.15, -0.1) is 0 Å². The zero-order valence-corrected chi connectivity index (χ0v) is 9.09. The second-order valence-corrected chi connectivity index (χ2v) is 3.35. The molecule has 5 heteroatoms. The number of carbonyl (C=O) groups is 1. The van der Waals surface area contributed by atoms with E-state index in [1.807, 2.05) is 22.6 Å². The Balaban J connectivity index is 3.16. The van der Waals surface area contributed by atoms with Crippen LogP contribution in [0.2, 0.25) is 5.02 Å². The predicted octanol–water partition coefficient (Wildman–Crippen LogP) is 2.13. The molecule has 0 unspecified atom stereocenters. The monoisotopic (exact) mass is 297 g/mol. The Hall–Kier alpha value is -0.360. The summed E-state index contributed by atoms with van der Waals surface area (Å²) in [4.78, 5) is 15.0. The highest BCUT2D eigenvalue weighted by Crippen LogP contribution is 2.20. The lowest BCUT2D eigenvalue weighted by Gasteiger charge is -2.01. The molecule has 0 bridgehead atoms. The number of rotatable bonds is 1. The molecule has 0 atom stereocenters. The van der Waals surface area contributed by atoms with Crippen molar-refractivity contribution in [3.05, 3.63) is 26.5 Å². The molecule has 3 nitrogen and oxygen atoms in total. The van der Waals surface area contributed by atoms with Gasteiger partial charge >= 0.3 is 5.97 Å². The molecular formula is C7H5ClINO2. The smallest absolute Gasteiger partial charge is 0.339 e. The maximum Gasteiger partial charge on any atom is 0.339 e. The fourth-order valence-electron chi connectivity index (χ4n) is 0.686. The summed E-state index contributed by atoms with van der Waals surface area (Å²) in [5.74, 6) is -0.444. The Morgan fingerprint density at radius 2 is 2.42 bits per heavy atom. The second-order valence-electron chi connectivity index (χ2n) is 1.95. The third-order valence-corrected chi connectivity index (χ3v) is 2.77. The third kappa shape index (κ3) is 1.87. The first-order valence-electron chi connectivity index (χ1n) is 3.05. The van der Waals surface area contributed by atoms with Crippen LogP contribution < -0.4 is 0 Å². The molecular weight excluding hydrogens is 292 g/mol. The van der Waals surface area contributed by atoms with Gasteiger partial charge in [-0.2, -0.15) is 0 Å². The van der Waals surface area contributed by atoms with Crippen molar-refractivity contribution in [1.29, 1.82) is 0 Å². The minimum absolute atomic E-state index is 0.338. The molecule has 1 heterocycles. The predicted molar refractivity (Wildman–Crippen MR) is 53.3 cm³/mol. The van der Waals surface area contributed by atoms with E-state index in [1.165, 1.54) is 19.4 Å². The Kier molecular flexibility index (Phi) is 3.28. The Morgan fingerprint density at radius 3 is 3.00 bits per heavy atom. The van der Waals surface area contributed by atoms with Crippen molar-refractivity contribution in [2.24, 2.45) is 0 Å². The van der Waals surface area contributed by atoms with Gasteiger partial charge in [0.1, 0.15) is 3.70 Å². The van der Waals surface area contributed by atoms with Gasteiger partial charge in [-0.3, -0.25) is 0 Å². The van der Waals surface area contributed by atoms with Gasteiger partial charge in [-0.25, -0.2) is 9.78 Å². The minimum atomic E-state index is -0.444. The fourth-order valence-corrected chi connectivity index (χ4v) is 1.33. The van der Waals surface area contributed by atoms with Crippen LogP contribution in [0.3, 0.4) is 0 Å². The van der Waals surface area contributed by atoms with E-state index in [0.29, 0.717) is 14.3 Å². The molecule has 0 fully saturated rings. The van der Waals surface area contributed by atoms with Gasteiger partial charge in [0.15, 0.2) is 0 Å². The van der Waals surface area contributed by atoms with Gasteiger partial charge in [-0.05, 0) is 28.7 Å². The summed E-state index contributed by atoms with van der Waals surface area (Å²) in [6.07, 6.45) is 1.51. The molecule has 1 aromatic heterocycles. The Labute approximate surface area is 88.2 Å². The molecule has 0 radical (unpaired) electrons. The number of ether oxygens (including phenoxy) is 1. The molecule has 1 rings (SSSR count). The van der Waals surface area contributed by atoms with Crippen LogP contribution in [0, 0.1) is 3.70 Å². The van der Waals surface area contributed by atoms with E-state index < -0.39 is 5.97 Å². The lowest BCUT2D eigenvalue weighted by Crippen LogP contribution is -2.03. The van der Waals surface area contributed by atoms with Crippen molar-refractivity contribution in [1.82, 2.24) is 4.98 Å². The molecule has 0 spiro atoms. The molecule has 0 saturated heterocycles. The molecule has 64 valence electrons. The van der Waals surface area contributed by atoms with Crippen molar-refractivity contribution in [2.45, 2.75) is 0 Å². The van der Waals surface area contributed by atoms with Crippen molar-refractivity contribution < 1.29 is 9.53 Å². The number of carbonyl (C=O) groups excluding carboxylic acids is 1. The molecule has 0 aromatic carbocycles. The first kappa shape index (κ1) is 9.73. The van der Waals surface area contributed by atoms with Crippen LogP contribution in [0.25, 0.3) is 0 Å². The lowest BCUT2D eigenvalue weighted by molar-refractivity contribution is 0.0600. The molecule has 0 N–H and O–H groups in total. The standard InChI is InChI=1S/C7H5ClINO2/c1-12-7(11)4-2-3-10-6(9)5(4)8/h2-3H,1H3. The zero-order chi connectivity index (χ0) is 9.14. The van der Waals surface area contributed by atoms with Crippen LogP contribution in [0.15, 0.2) is 12.3 Å². The fraction of sp³-hybridized carbons (Fsp3) is 0.143. The highest BCUT2D eigenvalue weighted by molar-refractivity contribution is 14.1. The number of pyridine rings is 1. The minimum Gasteiger partial charge on any atom is -0.465 e. The summed E-state index contributed by atoms with van der Waals surface area (Å²) in [6.45, 7) is 0. The number of halogens is 2. The summed E-state index contributed by atoms with van der Waals surface area (Å²) in [5, 5.41) is 0.338. The maximum atomic E-state index is 11.0. The molecule has 0 amide bonds. The van der Waals surface area contributed by atoms with Crippen molar-refractivity contribution >= 4 is 40.2 Å². The van der Waals surface area contributed by atoms with Gasteiger partial charge in [0.2, 0.25) is 0 Å². The van der Waals surface area contributed by atoms with Gasteiger partial charge in [0.25, 0.3) is 0 Å². The van der Waals surface area contributed by atoms with Gasteiger partial charge in [0, 0.05) is 6.20 Å². The maximum absolute atomic E-state index is 11.0. The number of hydrogen-bond donors (Lipinski definition) is 0.